The SMILES string of the molecule is N[Si](N)(N)CCCCCCCCCC(F)(F)C(F)(F)F. The van der Waals surface area contributed by atoms with E-state index in [1.807, 2.05) is 0 Å². The molecule has 0 aliphatic rings. The quantitative estimate of drug-likeness (QED) is 0.329. The number of hydrogen-bond acceptors (Lipinski definition) is 3. The summed E-state index contributed by atoms with van der Waals surface area (Å²) in [5, 5.41) is 16.6. The van der Waals surface area contributed by atoms with Crippen LogP contribution in [0.4, 0.5) is 22.0 Å². The van der Waals surface area contributed by atoms with Gasteiger partial charge in [0.2, 0.25) is 0 Å². The van der Waals surface area contributed by atoms with Gasteiger partial charge in [-0.05, 0) is 12.5 Å². The van der Waals surface area contributed by atoms with Gasteiger partial charge in [-0.15, -0.1) is 0 Å². The molecule has 0 saturated carbocycles. The van der Waals surface area contributed by atoms with Crippen LogP contribution in [0, 0.1) is 0 Å². The third-order valence-electron chi connectivity index (χ3n) is 3.02. The average Bonchev–Trinajstić information content (AvgIpc) is 2.23. The molecule has 122 valence electrons. The lowest BCUT2D eigenvalue weighted by atomic mass is 10.1. The normalized spacial score (nSPS) is 13.8. The number of unbranched alkanes of at least 4 members (excludes halogenated alkanes) is 6. The lowest BCUT2D eigenvalue weighted by Gasteiger charge is -2.19. The maximum absolute atomic E-state index is 12.6. The van der Waals surface area contributed by atoms with E-state index in [0.29, 0.717) is 18.9 Å². The van der Waals surface area contributed by atoms with Crippen LogP contribution in [0.3, 0.4) is 0 Å². The van der Waals surface area contributed by atoms with E-state index in [1.54, 1.807) is 0 Å². The van der Waals surface area contributed by atoms with E-state index in [4.69, 9.17) is 16.2 Å². The summed E-state index contributed by atoms with van der Waals surface area (Å²) in [6.45, 7) is 0. The maximum atomic E-state index is 12.6. The van der Waals surface area contributed by atoms with Crippen molar-refractivity contribution in [2.45, 2.75) is 69.5 Å². The van der Waals surface area contributed by atoms with Crippen LogP contribution in [-0.2, 0) is 0 Å². The Balaban J connectivity index is 3.46. The predicted octanol–water partition coefficient (Wildman–Crippen LogP) is 3.12. The summed E-state index contributed by atoms with van der Waals surface area (Å²) >= 11 is 0. The molecule has 9 heteroatoms. The van der Waals surface area contributed by atoms with E-state index in [0.717, 1.165) is 25.7 Å². The second-order valence-electron chi connectivity index (χ2n) is 5.29. The smallest absolute Gasteiger partial charge is 0.327 e. The van der Waals surface area contributed by atoms with Gasteiger partial charge >= 0.3 is 12.1 Å². The van der Waals surface area contributed by atoms with E-state index < -0.39 is 27.1 Å². The summed E-state index contributed by atoms with van der Waals surface area (Å²) in [7, 11) is -2.47. The molecule has 0 radical (unpaired) electrons. The predicted molar refractivity (Wildman–Crippen MR) is 71.1 cm³/mol. The molecule has 0 aliphatic heterocycles. The number of rotatable bonds is 10. The summed E-state index contributed by atoms with van der Waals surface area (Å²) in [6, 6.07) is 0.630. The third kappa shape index (κ3) is 9.62. The second kappa shape index (κ2) is 8.25. The van der Waals surface area contributed by atoms with Gasteiger partial charge in [0.15, 0.2) is 0 Å². The summed E-state index contributed by atoms with van der Waals surface area (Å²) in [5.41, 5.74) is 0. The Hall–Kier alpha value is -0.253. The van der Waals surface area contributed by atoms with Crippen LogP contribution < -0.4 is 16.2 Å². The van der Waals surface area contributed by atoms with Crippen LogP contribution in [-0.4, -0.2) is 20.7 Å². The van der Waals surface area contributed by atoms with Gasteiger partial charge in [-0.25, -0.2) is 0 Å². The van der Waals surface area contributed by atoms with Crippen molar-refractivity contribution in [2.24, 2.45) is 16.2 Å². The van der Waals surface area contributed by atoms with Gasteiger partial charge in [-0.1, -0.05) is 38.5 Å². The zero-order chi connectivity index (χ0) is 15.9. The first kappa shape index (κ1) is 19.7. The lowest BCUT2D eigenvalue weighted by molar-refractivity contribution is -0.284. The molecule has 0 aliphatic carbocycles. The highest BCUT2D eigenvalue weighted by Crippen LogP contribution is 2.39. The molecule has 6 N–H and O–H groups in total. The van der Waals surface area contributed by atoms with Crippen LogP contribution in [0.15, 0.2) is 0 Å². The standard InChI is InChI=1S/C11H24F5N3Si/c12-10(13,11(14,15)16)8-6-4-2-1-3-5-7-9-20(17,18)19/h1-9,17-19H2. The molecule has 0 fully saturated rings. The van der Waals surface area contributed by atoms with Gasteiger partial charge in [0.25, 0.3) is 8.56 Å². The van der Waals surface area contributed by atoms with Crippen molar-refractivity contribution in [1.29, 1.82) is 0 Å². The second-order valence-corrected chi connectivity index (χ2v) is 8.01. The van der Waals surface area contributed by atoms with Crippen molar-refractivity contribution >= 4 is 8.56 Å². The van der Waals surface area contributed by atoms with Crippen molar-refractivity contribution in [1.82, 2.24) is 0 Å². The molecule has 0 aromatic rings. The molecule has 0 atom stereocenters. The van der Waals surface area contributed by atoms with Gasteiger partial charge in [-0.2, -0.15) is 22.0 Å². The average molecular weight is 321 g/mol. The zero-order valence-electron chi connectivity index (χ0n) is 11.5. The summed E-state index contributed by atoms with van der Waals surface area (Å²) in [6.07, 6.45) is -2.20. The van der Waals surface area contributed by atoms with Crippen molar-refractivity contribution in [3.8, 4) is 0 Å². The van der Waals surface area contributed by atoms with Gasteiger partial charge in [-0.3, -0.25) is 0 Å². The van der Waals surface area contributed by atoms with Crippen LogP contribution in [0.25, 0.3) is 0 Å². The highest BCUT2D eigenvalue weighted by molar-refractivity contribution is 6.70. The van der Waals surface area contributed by atoms with Crippen molar-refractivity contribution < 1.29 is 22.0 Å². The first-order valence-electron chi connectivity index (χ1n) is 6.77. The number of alkyl halides is 5. The number of halogens is 5. The van der Waals surface area contributed by atoms with Gasteiger partial charge in [0, 0.05) is 6.42 Å². The fraction of sp³-hybridized carbons (Fsp3) is 1.00. The molecule has 0 aromatic carbocycles. The molecule has 0 heterocycles. The van der Waals surface area contributed by atoms with E-state index in [9.17, 15) is 22.0 Å². The monoisotopic (exact) mass is 321 g/mol. The highest BCUT2D eigenvalue weighted by Gasteiger charge is 2.56. The highest BCUT2D eigenvalue weighted by atomic mass is 28.4. The Morgan fingerprint density at radius 3 is 1.45 bits per heavy atom. The van der Waals surface area contributed by atoms with E-state index >= 15 is 0 Å². The molecular formula is C11H24F5N3Si. The molecule has 0 spiro atoms. The molecule has 0 saturated heterocycles. The number of hydrogen-bond donors (Lipinski definition) is 3. The molecule has 0 unspecified atom stereocenters. The van der Waals surface area contributed by atoms with Crippen molar-refractivity contribution in [2.75, 3.05) is 0 Å². The third-order valence-corrected chi connectivity index (χ3v) is 4.23. The van der Waals surface area contributed by atoms with Crippen LogP contribution in [0.2, 0.25) is 6.04 Å². The number of nitrogens with two attached hydrogens (primary N) is 3. The van der Waals surface area contributed by atoms with Crippen LogP contribution in [0.5, 0.6) is 0 Å². The minimum absolute atomic E-state index is 0.114. The Bertz CT molecular complexity index is 266. The van der Waals surface area contributed by atoms with E-state index in [1.165, 1.54) is 0 Å². The van der Waals surface area contributed by atoms with Crippen molar-refractivity contribution in [3.05, 3.63) is 0 Å². The molecular weight excluding hydrogens is 297 g/mol. The Labute approximate surface area is 117 Å². The summed E-state index contributed by atoms with van der Waals surface area (Å²) in [5.74, 6) is -4.57. The van der Waals surface area contributed by atoms with E-state index in [-0.39, 0.29) is 6.42 Å². The Morgan fingerprint density at radius 2 is 1.05 bits per heavy atom. The summed E-state index contributed by atoms with van der Waals surface area (Å²) < 4.78 is 60.7. The molecule has 3 nitrogen and oxygen atoms in total. The fourth-order valence-corrected chi connectivity index (χ4v) is 2.67. The summed E-state index contributed by atoms with van der Waals surface area (Å²) in [4.78, 5) is 0. The maximum Gasteiger partial charge on any atom is 0.453 e. The van der Waals surface area contributed by atoms with Crippen molar-refractivity contribution in [3.63, 3.8) is 0 Å². The zero-order valence-corrected chi connectivity index (χ0v) is 12.5. The van der Waals surface area contributed by atoms with Crippen LogP contribution in [0.1, 0.15) is 51.4 Å². The molecule has 0 amide bonds. The van der Waals surface area contributed by atoms with Gasteiger partial charge in [0.1, 0.15) is 0 Å². The van der Waals surface area contributed by atoms with E-state index in [2.05, 4.69) is 0 Å². The topological polar surface area (TPSA) is 78.1 Å². The molecule has 0 bridgehead atoms. The minimum atomic E-state index is -5.43. The molecule has 0 aromatic heterocycles. The van der Waals surface area contributed by atoms with Gasteiger partial charge in [0.05, 0.1) is 0 Å². The van der Waals surface area contributed by atoms with Gasteiger partial charge < -0.3 is 16.2 Å². The minimum Gasteiger partial charge on any atom is -0.327 e. The Kier molecular flexibility index (Phi) is 8.15. The largest absolute Gasteiger partial charge is 0.453 e. The Morgan fingerprint density at radius 1 is 0.650 bits per heavy atom. The molecule has 0 rings (SSSR count). The lowest BCUT2D eigenvalue weighted by Crippen LogP contribution is -2.64. The van der Waals surface area contributed by atoms with Crippen LogP contribution >= 0.6 is 0 Å². The fourth-order valence-electron chi connectivity index (χ4n) is 1.80. The first-order valence-corrected chi connectivity index (χ1v) is 9.21. The first-order chi connectivity index (χ1) is 8.96. The molecule has 20 heavy (non-hydrogen) atoms.